The van der Waals surface area contributed by atoms with Crippen LogP contribution in [0.25, 0.3) is 11.0 Å². The molecule has 4 nitrogen and oxygen atoms in total. The third-order valence-corrected chi connectivity index (χ3v) is 5.49. The van der Waals surface area contributed by atoms with E-state index in [1.807, 2.05) is 55.5 Å². The van der Waals surface area contributed by atoms with Crippen LogP contribution in [0, 0.1) is 6.92 Å². The van der Waals surface area contributed by atoms with E-state index in [0.717, 1.165) is 21.0 Å². The van der Waals surface area contributed by atoms with Crippen LogP contribution in [-0.4, -0.2) is 10.8 Å². The molecule has 4 aromatic rings. The van der Waals surface area contributed by atoms with Gasteiger partial charge in [-0.1, -0.05) is 45.7 Å². The van der Waals surface area contributed by atoms with E-state index in [4.69, 9.17) is 20.4 Å². The molecule has 0 aliphatic carbocycles. The van der Waals surface area contributed by atoms with Gasteiger partial charge in [-0.3, -0.25) is 4.79 Å². The minimum Gasteiger partial charge on any atom is -0.467 e. The summed E-state index contributed by atoms with van der Waals surface area (Å²) in [4.78, 5) is 15.1. The van der Waals surface area contributed by atoms with Crippen LogP contribution in [0.1, 0.15) is 27.4 Å². The highest BCUT2D eigenvalue weighted by Crippen LogP contribution is 2.30. The molecule has 0 radical (unpaired) electrons. The van der Waals surface area contributed by atoms with Crippen LogP contribution in [-0.2, 0) is 13.1 Å². The average Bonchev–Trinajstić information content (AvgIpc) is 3.31. The molecule has 2 aromatic heterocycles. The van der Waals surface area contributed by atoms with E-state index in [2.05, 4.69) is 15.9 Å². The summed E-state index contributed by atoms with van der Waals surface area (Å²) < 4.78 is 12.3. The van der Waals surface area contributed by atoms with E-state index < -0.39 is 0 Å². The summed E-state index contributed by atoms with van der Waals surface area (Å²) in [5.41, 5.74) is 2.35. The van der Waals surface area contributed by atoms with Crippen molar-refractivity contribution in [2.45, 2.75) is 20.0 Å². The maximum absolute atomic E-state index is 13.4. The summed E-state index contributed by atoms with van der Waals surface area (Å²) in [6.07, 6.45) is 1.59. The molecular formula is C22H17BrClNO3. The fourth-order valence-electron chi connectivity index (χ4n) is 3.16. The van der Waals surface area contributed by atoms with Crippen molar-refractivity contribution in [2.75, 3.05) is 0 Å². The average molecular weight is 459 g/mol. The zero-order valence-electron chi connectivity index (χ0n) is 15.1. The summed E-state index contributed by atoms with van der Waals surface area (Å²) in [6.45, 7) is 2.56. The van der Waals surface area contributed by atoms with Gasteiger partial charge in [-0.05, 0) is 48.9 Å². The quantitative estimate of drug-likeness (QED) is 0.339. The number of carbonyl (C=O) groups is 1. The lowest BCUT2D eigenvalue weighted by molar-refractivity contribution is 0.0686. The molecular weight excluding hydrogens is 442 g/mol. The van der Waals surface area contributed by atoms with Gasteiger partial charge in [0.25, 0.3) is 5.91 Å². The van der Waals surface area contributed by atoms with Gasteiger partial charge in [0, 0.05) is 27.0 Å². The summed E-state index contributed by atoms with van der Waals surface area (Å²) in [6, 6.07) is 16.8. The van der Waals surface area contributed by atoms with Gasteiger partial charge in [-0.25, -0.2) is 0 Å². The molecule has 4 rings (SSSR count). The Balaban J connectivity index is 1.72. The fourth-order valence-corrected chi connectivity index (χ4v) is 3.72. The van der Waals surface area contributed by atoms with Gasteiger partial charge in [0.15, 0.2) is 5.76 Å². The van der Waals surface area contributed by atoms with Crippen LogP contribution in [0.5, 0.6) is 0 Å². The number of halogens is 2. The molecule has 0 unspecified atom stereocenters. The Morgan fingerprint density at radius 1 is 1.11 bits per heavy atom. The van der Waals surface area contributed by atoms with Crippen LogP contribution < -0.4 is 0 Å². The number of rotatable bonds is 5. The maximum Gasteiger partial charge on any atom is 0.290 e. The monoisotopic (exact) mass is 457 g/mol. The molecule has 2 heterocycles. The first kappa shape index (κ1) is 18.8. The molecule has 28 heavy (non-hydrogen) atoms. The predicted octanol–water partition coefficient (Wildman–Crippen LogP) is 6.59. The number of carbonyl (C=O) groups excluding carboxylic acids is 1. The van der Waals surface area contributed by atoms with Crippen molar-refractivity contribution in [1.82, 2.24) is 4.90 Å². The van der Waals surface area contributed by atoms with Crippen LogP contribution in [0.3, 0.4) is 0 Å². The summed E-state index contributed by atoms with van der Waals surface area (Å²) in [5, 5.41) is 1.53. The SMILES string of the molecule is Cc1c(C(=O)N(Cc2ccco2)Cc2ccccc2Cl)oc2ccc(Br)cc12. The molecule has 0 N–H and O–H groups in total. The van der Waals surface area contributed by atoms with Crippen LogP contribution >= 0.6 is 27.5 Å². The molecule has 6 heteroatoms. The number of fused-ring (bicyclic) bond motifs is 1. The summed E-state index contributed by atoms with van der Waals surface area (Å²) in [5.74, 6) is 0.810. The Morgan fingerprint density at radius 2 is 1.93 bits per heavy atom. The number of hydrogen-bond acceptors (Lipinski definition) is 3. The first-order chi connectivity index (χ1) is 13.5. The van der Waals surface area contributed by atoms with Gasteiger partial charge in [0.1, 0.15) is 11.3 Å². The molecule has 0 saturated heterocycles. The lowest BCUT2D eigenvalue weighted by Gasteiger charge is -2.21. The number of amides is 1. The Bertz CT molecular complexity index is 1130. The fraction of sp³-hybridized carbons (Fsp3) is 0.136. The molecule has 0 aliphatic heterocycles. The highest BCUT2D eigenvalue weighted by atomic mass is 79.9. The number of nitrogens with zero attached hydrogens (tertiary/aromatic N) is 1. The number of benzene rings is 2. The maximum atomic E-state index is 13.4. The lowest BCUT2D eigenvalue weighted by Crippen LogP contribution is -2.30. The van der Waals surface area contributed by atoms with Crippen LogP contribution in [0.2, 0.25) is 5.02 Å². The Labute approximate surface area is 175 Å². The smallest absolute Gasteiger partial charge is 0.290 e. The van der Waals surface area contributed by atoms with Crippen molar-refractivity contribution >= 4 is 44.4 Å². The third kappa shape index (κ3) is 3.73. The third-order valence-electron chi connectivity index (χ3n) is 4.63. The van der Waals surface area contributed by atoms with Gasteiger partial charge in [0.2, 0.25) is 0 Å². The zero-order chi connectivity index (χ0) is 19.7. The minimum absolute atomic E-state index is 0.207. The van der Waals surface area contributed by atoms with Gasteiger partial charge < -0.3 is 13.7 Å². The second kappa shape index (κ2) is 7.86. The molecule has 0 fully saturated rings. The Hall–Kier alpha value is -2.50. The van der Waals surface area contributed by atoms with E-state index in [1.165, 1.54) is 0 Å². The molecule has 1 amide bonds. The van der Waals surface area contributed by atoms with Crippen molar-refractivity contribution in [1.29, 1.82) is 0 Å². The minimum atomic E-state index is -0.207. The zero-order valence-corrected chi connectivity index (χ0v) is 17.5. The van der Waals surface area contributed by atoms with E-state index >= 15 is 0 Å². The van der Waals surface area contributed by atoms with Crippen molar-refractivity contribution in [3.05, 3.63) is 93.0 Å². The summed E-state index contributed by atoms with van der Waals surface area (Å²) in [7, 11) is 0. The van der Waals surface area contributed by atoms with E-state index in [1.54, 1.807) is 17.2 Å². The normalized spacial score (nSPS) is 11.1. The molecule has 0 aliphatic rings. The predicted molar refractivity (Wildman–Crippen MR) is 112 cm³/mol. The standard InChI is InChI=1S/C22H17BrClNO3/c1-14-18-11-16(23)8-9-20(18)28-21(14)22(26)25(13-17-6-4-10-27-17)12-15-5-2-3-7-19(15)24/h2-11H,12-13H2,1H3. The number of aryl methyl sites for hydroxylation is 1. The molecule has 0 spiro atoms. The first-order valence-corrected chi connectivity index (χ1v) is 9.94. The molecule has 142 valence electrons. The first-order valence-electron chi connectivity index (χ1n) is 8.76. The van der Waals surface area contributed by atoms with Crippen molar-refractivity contribution < 1.29 is 13.6 Å². The molecule has 2 aromatic carbocycles. The van der Waals surface area contributed by atoms with Gasteiger partial charge >= 0.3 is 0 Å². The second-order valence-corrected chi connectivity index (χ2v) is 7.85. The van der Waals surface area contributed by atoms with Gasteiger partial charge in [0.05, 0.1) is 12.8 Å². The number of hydrogen-bond donors (Lipinski definition) is 0. The Morgan fingerprint density at radius 3 is 2.68 bits per heavy atom. The molecule has 0 atom stereocenters. The van der Waals surface area contributed by atoms with E-state index in [-0.39, 0.29) is 5.91 Å². The van der Waals surface area contributed by atoms with Crippen LogP contribution in [0.4, 0.5) is 0 Å². The molecule has 0 saturated carbocycles. The molecule has 0 bridgehead atoms. The Kier molecular flexibility index (Phi) is 5.29. The van der Waals surface area contributed by atoms with Crippen molar-refractivity contribution in [3.63, 3.8) is 0 Å². The topological polar surface area (TPSA) is 46.6 Å². The second-order valence-electron chi connectivity index (χ2n) is 6.53. The van der Waals surface area contributed by atoms with Crippen molar-refractivity contribution in [2.24, 2.45) is 0 Å². The summed E-state index contributed by atoms with van der Waals surface area (Å²) >= 11 is 9.79. The lowest BCUT2D eigenvalue weighted by atomic mass is 10.1. The van der Waals surface area contributed by atoms with Gasteiger partial charge in [-0.2, -0.15) is 0 Å². The highest BCUT2D eigenvalue weighted by Gasteiger charge is 2.25. The highest BCUT2D eigenvalue weighted by molar-refractivity contribution is 9.10. The van der Waals surface area contributed by atoms with E-state index in [0.29, 0.717) is 35.2 Å². The largest absolute Gasteiger partial charge is 0.467 e. The van der Waals surface area contributed by atoms with Crippen LogP contribution in [0.15, 0.2) is 74.2 Å². The van der Waals surface area contributed by atoms with E-state index in [9.17, 15) is 4.79 Å². The number of furan rings is 2. The van der Waals surface area contributed by atoms with Crippen molar-refractivity contribution in [3.8, 4) is 0 Å². The van der Waals surface area contributed by atoms with Gasteiger partial charge in [-0.15, -0.1) is 0 Å².